The lowest BCUT2D eigenvalue weighted by Gasteiger charge is -2.13. The van der Waals surface area contributed by atoms with E-state index in [2.05, 4.69) is 27.6 Å². The SMILES string of the molecule is CCOc1cc(/C=C2\N=C(c3ccc4c(c3)OCO4)OC2=O)cc(I)c1OCC. The lowest BCUT2D eigenvalue weighted by molar-refractivity contribution is -0.129. The van der Waals surface area contributed by atoms with Crippen molar-refractivity contribution in [2.75, 3.05) is 20.0 Å². The van der Waals surface area contributed by atoms with Crippen LogP contribution in [0.15, 0.2) is 41.0 Å². The predicted molar refractivity (Wildman–Crippen MR) is 115 cm³/mol. The van der Waals surface area contributed by atoms with Crippen molar-refractivity contribution in [2.24, 2.45) is 4.99 Å². The third-order valence-corrected chi connectivity index (χ3v) is 4.97. The number of hydrogen-bond donors (Lipinski definition) is 0. The van der Waals surface area contributed by atoms with Gasteiger partial charge in [-0.15, -0.1) is 0 Å². The first-order valence-electron chi connectivity index (χ1n) is 9.10. The number of aliphatic imine (C=N–C) groups is 1. The number of hydrogen-bond acceptors (Lipinski definition) is 7. The van der Waals surface area contributed by atoms with Gasteiger partial charge in [0.1, 0.15) is 0 Å². The first-order chi connectivity index (χ1) is 14.1. The van der Waals surface area contributed by atoms with Crippen LogP contribution in [0, 0.1) is 3.57 Å². The number of benzene rings is 2. The molecule has 2 aliphatic heterocycles. The molecule has 0 N–H and O–H groups in total. The Hall–Kier alpha value is -2.75. The lowest BCUT2D eigenvalue weighted by Crippen LogP contribution is -2.05. The Morgan fingerprint density at radius 1 is 1.10 bits per heavy atom. The molecule has 0 unspecified atom stereocenters. The molecule has 2 aromatic rings. The van der Waals surface area contributed by atoms with Gasteiger partial charge in [-0.3, -0.25) is 0 Å². The standard InChI is InChI=1S/C21H18INO6/c1-3-25-18-9-12(7-14(22)19(18)26-4-2)8-15-21(24)29-20(23-15)13-5-6-16-17(10-13)28-11-27-16/h5-10H,3-4,11H2,1-2H3/b15-8-. The van der Waals surface area contributed by atoms with Crippen LogP contribution >= 0.6 is 22.6 Å². The van der Waals surface area contributed by atoms with E-state index in [0.29, 0.717) is 41.8 Å². The number of ether oxygens (including phenoxy) is 5. The molecule has 0 saturated carbocycles. The highest BCUT2D eigenvalue weighted by molar-refractivity contribution is 14.1. The van der Waals surface area contributed by atoms with Gasteiger partial charge in [-0.2, -0.15) is 0 Å². The summed E-state index contributed by atoms with van der Waals surface area (Å²) in [5.74, 6) is 2.28. The molecule has 0 aromatic heterocycles. The Kier molecular flexibility index (Phi) is 5.61. The maximum Gasteiger partial charge on any atom is 0.363 e. The molecule has 0 saturated heterocycles. The Balaban J connectivity index is 1.66. The summed E-state index contributed by atoms with van der Waals surface area (Å²) in [6, 6.07) is 9.01. The number of nitrogens with zero attached hydrogens (tertiary/aromatic N) is 1. The van der Waals surface area contributed by atoms with E-state index in [1.165, 1.54) is 0 Å². The van der Waals surface area contributed by atoms with Gasteiger partial charge in [-0.25, -0.2) is 9.79 Å². The van der Waals surface area contributed by atoms with Crippen LogP contribution in [0.1, 0.15) is 25.0 Å². The number of rotatable bonds is 6. The molecule has 0 aliphatic carbocycles. The second-order valence-corrected chi connectivity index (χ2v) is 7.26. The molecule has 29 heavy (non-hydrogen) atoms. The summed E-state index contributed by atoms with van der Waals surface area (Å²) >= 11 is 2.18. The quantitative estimate of drug-likeness (QED) is 0.332. The van der Waals surface area contributed by atoms with Gasteiger partial charge in [0, 0.05) is 5.56 Å². The molecule has 8 heteroatoms. The van der Waals surface area contributed by atoms with Gasteiger partial charge in [0.05, 0.1) is 16.8 Å². The highest BCUT2D eigenvalue weighted by atomic mass is 127. The van der Waals surface area contributed by atoms with E-state index in [-0.39, 0.29) is 18.4 Å². The van der Waals surface area contributed by atoms with Gasteiger partial charge in [0.2, 0.25) is 12.7 Å². The molecule has 4 rings (SSSR count). The maximum absolute atomic E-state index is 12.3. The van der Waals surface area contributed by atoms with Crippen LogP contribution in [0.5, 0.6) is 23.0 Å². The van der Waals surface area contributed by atoms with Crippen LogP contribution < -0.4 is 18.9 Å². The van der Waals surface area contributed by atoms with Gasteiger partial charge >= 0.3 is 5.97 Å². The molecule has 7 nitrogen and oxygen atoms in total. The van der Waals surface area contributed by atoms with Crippen LogP contribution in [-0.2, 0) is 9.53 Å². The number of esters is 1. The largest absolute Gasteiger partial charge is 0.490 e. The fraction of sp³-hybridized carbons (Fsp3) is 0.238. The molecular formula is C21H18INO6. The van der Waals surface area contributed by atoms with E-state index in [1.54, 1.807) is 24.3 Å². The zero-order valence-electron chi connectivity index (χ0n) is 15.9. The molecule has 0 amide bonds. The number of halogens is 1. The summed E-state index contributed by atoms with van der Waals surface area (Å²) in [6.07, 6.45) is 1.67. The molecule has 0 bridgehead atoms. The van der Waals surface area contributed by atoms with Crippen molar-refractivity contribution < 1.29 is 28.5 Å². The van der Waals surface area contributed by atoms with Crippen molar-refractivity contribution in [1.82, 2.24) is 0 Å². The number of carbonyl (C=O) groups excluding carboxylic acids is 1. The third-order valence-electron chi connectivity index (χ3n) is 4.16. The van der Waals surface area contributed by atoms with Gasteiger partial charge in [0.25, 0.3) is 0 Å². The van der Waals surface area contributed by atoms with Crippen molar-refractivity contribution in [1.29, 1.82) is 0 Å². The van der Waals surface area contributed by atoms with E-state index < -0.39 is 5.97 Å². The van der Waals surface area contributed by atoms with Crippen LogP contribution in [0.2, 0.25) is 0 Å². The summed E-state index contributed by atoms with van der Waals surface area (Å²) in [6.45, 7) is 5.04. The Morgan fingerprint density at radius 2 is 1.90 bits per heavy atom. The lowest BCUT2D eigenvalue weighted by atomic mass is 10.1. The molecule has 0 atom stereocenters. The summed E-state index contributed by atoms with van der Waals surface area (Å²) in [5.41, 5.74) is 1.62. The first-order valence-corrected chi connectivity index (χ1v) is 10.2. The minimum absolute atomic E-state index is 0.175. The molecule has 150 valence electrons. The second-order valence-electron chi connectivity index (χ2n) is 6.10. The minimum atomic E-state index is -0.514. The van der Waals surface area contributed by atoms with Crippen LogP contribution in [-0.4, -0.2) is 31.9 Å². The molecule has 0 spiro atoms. The maximum atomic E-state index is 12.3. The second kappa shape index (κ2) is 8.32. The molecule has 0 fully saturated rings. The molecule has 0 radical (unpaired) electrons. The van der Waals surface area contributed by atoms with Crippen molar-refractivity contribution in [3.05, 3.63) is 50.7 Å². The molecule has 2 aliphatic rings. The van der Waals surface area contributed by atoms with Crippen LogP contribution in [0.3, 0.4) is 0 Å². The Bertz CT molecular complexity index is 1030. The van der Waals surface area contributed by atoms with Gasteiger partial charge < -0.3 is 23.7 Å². The molecule has 2 heterocycles. The molecule has 2 aromatic carbocycles. The summed E-state index contributed by atoms with van der Waals surface area (Å²) in [7, 11) is 0. The first kappa shape index (κ1) is 19.6. The average Bonchev–Trinajstić information content (AvgIpc) is 3.31. The van der Waals surface area contributed by atoms with Crippen LogP contribution in [0.25, 0.3) is 6.08 Å². The van der Waals surface area contributed by atoms with E-state index in [4.69, 9.17) is 23.7 Å². The number of carbonyl (C=O) groups is 1. The van der Waals surface area contributed by atoms with Gasteiger partial charge in [0.15, 0.2) is 28.7 Å². The highest BCUT2D eigenvalue weighted by Crippen LogP contribution is 2.36. The normalized spacial score (nSPS) is 16.0. The summed E-state index contributed by atoms with van der Waals surface area (Å²) in [4.78, 5) is 16.7. The number of cyclic esters (lactones) is 1. The third kappa shape index (κ3) is 4.02. The van der Waals surface area contributed by atoms with Crippen molar-refractivity contribution in [3.63, 3.8) is 0 Å². The molecular weight excluding hydrogens is 489 g/mol. The van der Waals surface area contributed by atoms with Gasteiger partial charge in [-0.05, 0) is 78.4 Å². The topological polar surface area (TPSA) is 75.6 Å². The predicted octanol–water partition coefficient (Wildman–Crippen LogP) is 4.16. The monoisotopic (exact) mass is 507 g/mol. The van der Waals surface area contributed by atoms with Crippen molar-refractivity contribution in [2.45, 2.75) is 13.8 Å². The highest BCUT2D eigenvalue weighted by Gasteiger charge is 2.26. The van der Waals surface area contributed by atoms with E-state index >= 15 is 0 Å². The zero-order chi connectivity index (χ0) is 20.4. The Labute approximate surface area is 181 Å². The van der Waals surface area contributed by atoms with E-state index in [9.17, 15) is 4.79 Å². The van der Waals surface area contributed by atoms with Crippen LogP contribution in [0.4, 0.5) is 0 Å². The summed E-state index contributed by atoms with van der Waals surface area (Å²) < 4.78 is 28.3. The zero-order valence-corrected chi connectivity index (χ0v) is 18.0. The average molecular weight is 507 g/mol. The smallest absolute Gasteiger partial charge is 0.363 e. The van der Waals surface area contributed by atoms with Gasteiger partial charge in [-0.1, -0.05) is 0 Å². The summed E-state index contributed by atoms with van der Waals surface area (Å²) in [5, 5.41) is 0. The minimum Gasteiger partial charge on any atom is -0.490 e. The van der Waals surface area contributed by atoms with Crippen molar-refractivity contribution >= 4 is 40.5 Å². The fourth-order valence-electron chi connectivity index (χ4n) is 2.94. The number of fused-ring (bicyclic) bond motifs is 1. The fourth-order valence-corrected chi connectivity index (χ4v) is 3.72. The Morgan fingerprint density at radius 3 is 2.69 bits per heavy atom. The van der Waals surface area contributed by atoms with E-state index in [1.807, 2.05) is 26.0 Å². The van der Waals surface area contributed by atoms with E-state index in [0.717, 1.165) is 9.13 Å². The van der Waals surface area contributed by atoms with Crippen molar-refractivity contribution in [3.8, 4) is 23.0 Å².